The van der Waals surface area contributed by atoms with E-state index in [9.17, 15) is 5.11 Å². The molecule has 0 amide bonds. The highest BCUT2D eigenvalue weighted by Crippen LogP contribution is 2.24. The lowest BCUT2D eigenvalue weighted by Gasteiger charge is -2.14. The van der Waals surface area contributed by atoms with E-state index in [4.69, 9.17) is 0 Å². The van der Waals surface area contributed by atoms with Crippen LogP contribution < -0.4 is 5.32 Å². The molecule has 1 atom stereocenters. The summed E-state index contributed by atoms with van der Waals surface area (Å²) in [5, 5.41) is 13.4. The minimum absolute atomic E-state index is 0.0422. The number of hydrogen-bond donors (Lipinski definition) is 2. The van der Waals surface area contributed by atoms with Crippen LogP contribution in [0.5, 0.6) is 0 Å². The van der Waals surface area contributed by atoms with Gasteiger partial charge in [0.15, 0.2) is 5.82 Å². The Labute approximate surface area is 122 Å². The van der Waals surface area contributed by atoms with Crippen LogP contribution in [0.3, 0.4) is 0 Å². The Morgan fingerprint density at radius 3 is 2.76 bits per heavy atom. The van der Waals surface area contributed by atoms with Crippen LogP contribution in [0.15, 0.2) is 48.8 Å². The molecule has 0 aliphatic rings. The fourth-order valence-electron chi connectivity index (χ4n) is 2.09. The van der Waals surface area contributed by atoms with Gasteiger partial charge < -0.3 is 10.4 Å². The standard InChI is InChI=1S/C16H16N4O/c1-11(10-21)18-16-13-6-2-3-7-14(13)19-15(20-16)12-5-4-8-17-9-12/h2-9,11,21H,10H2,1H3,(H,18,19,20)/t11-/m0/s1. The fourth-order valence-corrected chi connectivity index (χ4v) is 2.09. The van der Waals surface area contributed by atoms with Crippen LogP contribution in [0.1, 0.15) is 6.92 Å². The molecular weight excluding hydrogens is 264 g/mol. The molecule has 0 saturated heterocycles. The van der Waals surface area contributed by atoms with Crippen molar-refractivity contribution in [3.8, 4) is 11.4 Å². The van der Waals surface area contributed by atoms with Gasteiger partial charge in [0.05, 0.1) is 12.1 Å². The Bertz CT molecular complexity index is 746. The van der Waals surface area contributed by atoms with E-state index in [1.807, 2.05) is 43.3 Å². The van der Waals surface area contributed by atoms with Gasteiger partial charge in [-0.3, -0.25) is 4.98 Å². The number of anilines is 1. The van der Waals surface area contributed by atoms with Crippen LogP contribution in [0.25, 0.3) is 22.3 Å². The summed E-state index contributed by atoms with van der Waals surface area (Å²) in [6.45, 7) is 1.95. The number of aromatic nitrogens is 3. The van der Waals surface area contributed by atoms with Gasteiger partial charge in [0.25, 0.3) is 0 Å². The summed E-state index contributed by atoms with van der Waals surface area (Å²) in [6.07, 6.45) is 3.46. The number of fused-ring (bicyclic) bond motifs is 1. The van der Waals surface area contributed by atoms with Gasteiger partial charge >= 0.3 is 0 Å². The van der Waals surface area contributed by atoms with Crippen LogP contribution in [-0.2, 0) is 0 Å². The molecule has 3 rings (SSSR count). The van der Waals surface area contributed by atoms with E-state index in [-0.39, 0.29) is 12.6 Å². The molecule has 2 N–H and O–H groups in total. The Kier molecular flexibility index (Phi) is 3.75. The third-order valence-electron chi connectivity index (χ3n) is 3.18. The third-order valence-corrected chi connectivity index (χ3v) is 3.18. The zero-order valence-electron chi connectivity index (χ0n) is 11.7. The Morgan fingerprint density at radius 1 is 1.14 bits per heavy atom. The van der Waals surface area contributed by atoms with E-state index in [2.05, 4.69) is 20.3 Å². The molecule has 0 spiro atoms. The second-order valence-corrected chi connectivity index (χ2v) is 4.88. The molecule has 0 aliphatic carbocycles. The highest BCUT2D eigenvalue weighted by atomic mass is 16.3. The first-order valence-electron chi connectivity index (χ1n) is 6.82. The number of pyridine rings is 1. The van der Waals surface area contributed by atoms with Crippen LogP contribution in [-0.4, -0.2) is 32.7 Å². The van der Waals surface area contributed by atoms with Crippen molar-refractivity contribution < 1.29 is 5.11 Å². The Morgan fingerprint density at radius 2 is 2.00 bits per heavy atom. The van der Waals surface area contributed by atoms with E-state index < -0.39 is 0 Å². The summed E-state index contributed by atoms with van der Waals surface area (Å²) in [6, 6.07) is 11.5. The summed E-state index contributed by atoms with van der Waals surface area (Å²) in [7, 11) is 0. The SMILES string of the molecule is C[C@@H](CO)Nc1nc(-c2cccnc2)nc2ccccc12. The van der Waals surface area contributed by atoms with Gasteiger partial charge in [-0.1, -0.05) is 12.1 Å². The summed E-state index contributed by atoms with van der Waals surface area (Å²) in [5.41, 5.74) is 1.72. The van der Waals surface area contributed by atoms with Gasteiger partial charge in [-0.25, -0.2) is 9.97 Å². The number of hydrogen-bond acceptors (Lipinski definition) is 5. The Hall–Kier alpha value is -2.53. The predicted molar refractivity (Wildman–Crippen MR) is 82.9 cm³/mol. The van der Waals surface area contributed by atoms with Crippen LogP contribution in [0, 0.1) is 0 Å². The molecule has 2 heterocycles. The number of rotatable bonds is 4. The highest BCUT2D eigenvalue weighted by molar-refractivity contribution is 5.90. The number of nitrogens with zero attached hydrogens (tertiary/aromatic N) is 3. The monoisotopic (exact) mass is 280 g/mol. The second-order valence-electron chi connectivity index (χ2n) is 4.88. The van der Waals surface area contributed by atoms with Crippen LogP contribution in [0.2, 0.25) is 0 Å². The van der Waals surface area contributed by atoms with Gasteiger partial charge in [0.2, 0.25) is 0 Å². The smallest absolute Gasteiger partial charge is 0.163 e. The first kappa shape index (κ1) is 13.5. The lowest BCUT2D eigenvalue weighted by Crippen LogP contribution is -2.20. The maximum Gasteiger partial charge on any atom is 0.163 e. The first-order valence-corrected chi connectivity index (χ1v) is 6.82. The number of aliphatic hydroxyl groups excluding tert-OH is 1. The molecule has 3 aromatic rings. The molecule has 21 heavy (non-hydrogen) atoms. The van der Waals surface area contributed by atoms with Crippen molar-refractivity contribution in [3.05, 3.63) is 48.8 Å². The first-order chi connectivity index (χ1) is 10.3. The van der Waals surface area contributed by atoms with Gasteiger partial charge in [0.1, 0.15) is 5.82 Å². The fraction of sp³-hybridized carbons (Fsp3) is 0.188. The molecular formula is C16H16N4O. The molecule has 1 aromatic carbocycles. The lowest BCUT2D eigenvalue weighted by atomic mass is 10.2. The molecule has 0 aliphatic heterocycles. The normalized spacial score (nSPS) is 12.3. The minimum atomic E-state index is -0.0787. The topological polar surface area (TPSA) is 70.9 Å². The van der Waals surface area contributed by atoms with Gasteiger partial charge in [-0.2, -0.15) is 0 Å². The molecule has 0 radical (unpaired) electrons. The van der Waals surface area contributed by atoms with Crippen molar-refractivity contribution in [1.82, 2.24) is 15.0 Å². The van der Waals surface area contributed by atoms with E-state index in [0.29, 0.717) is 5.82 Å². The van der Waals surface area contributed by atoms with E-state index in [0.717, 1.165) is 22.3 Å². The van der Waals surface area contributed by atoms with Gasteiger partial charge in [-0.15, -0.1) is 0 Å². The average Bonchev–Trinajstić information content (AvgIpc) is 2.55. The van der Waals surface area contributed by atoms with Gasteiger partial charge in [-0.05, 0) is 31.2 Å². The van der Waals surface area contributed by atoms with Crippen molar-refractivity contribution in [2.45, 2.75) is 13.0 Å². The van der Waals surface area contributed by atoms with Crippen molar-refractivity contribution in [2.24, 2.45) is 0 Å². The number of benzene rings is 1. The number of aliphatic hydroxyl groups is 1. The van der Waals surface area contributed by atoms with Crippen molar-refractivity contribution in [3.63, 3.8) is 0 Å². The molecule has 106 valence electrons. The van der Waals surface area contributed by atoms with Crippen molar-refractivity contribution in [2.75, 3.05) is 11.9 Å². The molecule has 0 unspecified atom stereocenters. The maximum atomic E-state index is 9.24. The number of para-hydroxylation sites is 1. The zero-order chi connectivity index (χ0) is 14.7. The molecule has 5 nitrogen and oxygen atoms in total. The zero-order valence-corrected chi connectivity index (χ0v) is 11.7. The number of nitrogens with one attached hydrogen (secondary N) is 1. The van der Waals surface area contributed by atoms with Gasteiger partial charge in [0, 0.05) is 29.4 Å². The quantitative estimate of drug-likeness (QED) is 0.768. The lowest BCUT2D eigenvalue weighted by molar-refractivity contribution is 0.281. The van der Waals surface area contributed by atoms with Crippen molar-refractivity contribution >= 4 is 16.7 Å². The molecule has 0 fully saturated rings. The maximum absolute atomic E-state index is 9.24. The largest absolute Gasteiger partial charge is 0.394 e. The molecule has 0 bridgehead atoms. The Balaban J connectivity index is 2.15. The van der Waals surface area contributed by atoms with Crippen LogP contribution in [0.4, 0.5) is 5.82 Å². The summed E-state index contributed by atoms with van der Waals surface area (Å²) in [4.78, 5) is 13.3. The minimum Gasteiger partial charge on any atom is -0.394 e. The predicted octanol–water partition coefficient (Wildman–Crippen LogP) is 2.48. The van der Waals surface area contributed by atoms with E-state index >= 15 is 0 Å². The highest BCUT2D eigenvalue weighted by Gasteiger charge is 2.10. The van der Waals surface area contributed by atoms with E-state index in [1.54, 1.807) is 12.4 Å². The van der Waals surface area contributed by atoms with Crippen LogP contribution >= 0.6 is 0 Å². The molecule has 0 saturated carbocycles. The summed E-state index contributed by atoms with van der Waals surface area (Å²) < 4.78 is 0. The van der Waals surface area contributed by atoms with E-state index in [1.165, 1.54) is 0 Å². The molecule has 5 heteroatoms. The van der Waals surface area contributed by atoms with Crippen molar-refractivity contribution in [1.29, 1.82) is 0 Å². The second kappa shape index (κ2) is 5.85. The summed E-state index contributed by atoms with van der Waals surface area (Å²) >= 11 is 0. The average molecular weight is 280 g/mol. The third kappa shape index (κ3) is 2.83. The summed E-state index contributed by atoms with van der Waals surface area (Å²) in [5.74, 6) is 1.34. The molecule has 2 aromatic heterocycles.